The van der Waals surface area contributed by atoms with Gasteiger partial charge in [-0.1, -0.05) is 38.3 Å². The zero-order valence-electron chi connectivity index (χ0n) is 11.5. The summed E-state index contributed by atoms with van der Waals surface area (Å²) in [5.74, 6) is 0.0798. The van der Waals surface area contributed by atoms with Gasteiger partial charge >= 0.3 is 5.97 Å². The van der Waals surface area contributed by atoms with Crippen molar-refractivity contribution in [2.24, 2.45) is 5.92 Å². The number of thioether (sulfide) groups is 1. The fourth-order valence-corrected chi connectivity index (χ4v) is 4.28. The number of hydrogen-bond donors (Lipinski definition) is 1. The lowest BCUT2D eigenvalue weighted by Gasteiger charge is -2.30. The smallest absolute Gasteiger partial charge is 0.307 e. The van der Waals surface area contributed by atoms with Crippen LogP contribution in [0.2, 0.25) is 0 Å². The third-order valence-corrected chi connectivity index (χ3v) is 5.40. The zero-order valence-corrected chi connectivity index (χ0v) is 12.3. The maximum atomic E-state index is 10.6. The first-order chi connectivity index (χ1) is 9.19. The molecule has 1 aliphatic carbocycles. The van der Waals surface area contributed by atoms with Gasteiger partial charge in [-0.25, -0.2) is 0 Å². The highest BCUT2D eigenvalue weighted by Crippen LogP contribution is 2.38. The summed E-state index contributed by atoms with van der Waals surface area (Å²) in [5.41, 5.74) is 0.882. The van der Waals surface area contributed by atoms with Gasteiger partial charge in [-0.15, -0.1) is 11.8 Å². The molecule has 0 aliphatic heterocycles. The van der Waals surface area contributed by atoms with Crippen LogP contribution in [0.3, 0.4) is 0 Å². The first-order valence-electron chi connectivity index (χ1n) is 7.16. The van der Waals surface area contributed by atoms with E-state index in [0.717, 1.165) is 16.7 Å². The fourth-order valence-electron chi connectivity index (χ4n) is 2.83. The minimum atomic E-state index is -0.765. The van der Waals surface area contributed by atoms with E-state index in [-0.39, 0.29) is 6.42 Å². The van der Waals surface area contributed by atoms with E-state index in [0.29, 0.717) is 0 Å². The first-order valence-corrected chi connectivity index (χ1v) is 8.04. The number of aliphatic carboxylic acids is 1. The van der Waals surface area contributed by atoms with E-state index in [1.165, 1.54) is 37.0 Å². The van der Waals surface area contributed by atoms with Crippen LogP contribution in [0.5, 0.6) is 0 Å². The summed E-state index contributed by atoms with van der Waals surface area (Å²) in [4.78, 5) is 11.9. The van der Waals surface area contributed by atoms with Crippen molar-refractivity contribution < 1.29 is 9.90 Å². The van der Waals surface area contributed by atoms with Crippen LogP contribution in [0.25, 0.3) is 0 Å². The Hall–Kier alpha value is -0.960. The van der Waals surface area contributed by atoms with E-state index in [1.54, 1.807) is 0 Å². The second-order valence-electron chi connectivity index (χ2n) is 5.32. The molecule has 0 heterocycles. The summed E-state index contributed by atoms with van der Waals surface area (Å²) in [6.07, 6.45) is 6.81. The van der Waals surface area contributed by atoms with Crippen molar-refractivity contribution in [1.29, 1.82) is 0 Å². The molecule has 19 heavy (non-hydrogen) atoms. The summed E-state index contributed by atoms with van der Waals surface area (Å²) in [5, 5.41) is 9.50. The van der Waals surface area contributed by atoms with Crippen molar-refractivity contribution >= 4 is 17.7 Å². The molecule has 0 radical (unpaired) electrons. The predicted octanol–water partition coefficient (Wildman–Crippen LogP) is 4.37. The van der Waals surface area contributed by atoms with Gasteiger partial charge in [0.15, 0.2) is 0 Å². The lowest BCUT2D eigenvalue weighted by molar-refractivity contribution is -0.136. The summed E-state index contributed by atoms with van der Waals surface area (Å²) in [6.45, 7) is 2.29. The average Bonchev–Trinajstić information content (AvgIpc) is 2.41. The fraction of sp³-hybridized carbons (Fsp3) is 0.562. The molecular weight excluding hydrogens is 256 g/mol. The van der Waals surface area contributed by atoms with Gasteiger partial charge in [-0.2, -0.15) is 0 Å². The molecule has 2 rings (SSSR count). The van der Waals surface area contributed by atoms with Gasteiger partial charge in [0.1, 0.15) is 0 Å². The van der Waals surface area contributed by atoms with Crippen LogP contribution >= 0.6 is 11.8 Å². The molecule has 2 atom stereocenters. The first kappa shape index (κ1) is 14.4. The Bertz CT molecular complexity index is 413. The molecule has 1 aromatic carbocycles. The van der Waals surface area contributed by atoms with E-state index in [1.807, 2.05) is 23.9 Å². The second-order valence-corrected chi connectivity index (χ2v) is 6.64. The Morgan fingerprint density at radius 2 is 1.95 bits per heavy atom. The summed E-state index contributed by atoms with van der Waals surface area (Å²) >= 11 is 1.98. The Morgan fingerprint density at radius 3 is 2.58 bits per heavy atom. The molecule has 2 unspecified atom stereocenters. The molecule has 1 aliphatic rings. The second kappa shape index (κ2) is 6.99. The van der Waals surface area contributed by atoms with Crippen molar-refractivity contribution in [1.82, 2.24) is 0 Å². The molecular formula is C16H22O2S. The Balaban J connectivity index is 1.96. The highest BCUT2D eigenvalue weighted by molar-refractivity contribution is 8.00. The maximum Gasteiger partial charge on any atom is 0.307 e. The number of carboxylic acids is 1. The predicted molar refractivity (Wildman–Crippen MR) is 79.7 cm³/mol. The molecule has 1 saturated carbocycles. The van der Waals surface area contributed by atoms with Gasteiger partial charge in [0.2, 0.25) is 0 Å². The molecule has 0 bridgehead atoms. The SMILES string of the molecule is CCC1CCCCC1Sc1ccc(CC(=O)O)cc1. The average molecular weight is 278 g/mol. The van der Waals surface area contributed by atoms with Gasteiger partial charge in [-0.05, 0) is 36.5 Å². The number of hydrogen-bond acceptors (Lipinski definition) is 2. The zero-order chi connectivity index (χ0) is 13.7. The number of benzene rings is 1. The van der Waals surface area contributed by atoms with E-state index in [4.69, 9.17) is 5.11 Å². The molecule has 1 N–H and O–H groups in total. The summed E-state index contributed by atoms with van der Waals surface area (Å²) in [7, 11) is 0. The highest BCUT2D eigenvalue weighted by Gasteiger charge is 2.24. The lowest BCUT2D eigenvalue weighted by atomic mass is 9.87. The molecule has 3 heteroatoms. The molecule has 1 aromatic rings. The van der Waals surface area contributed by atoms with E-state index >= 15 is 0 Å². The van der Waals surface area contributed by atoms with Crippen LogP contribution in [0.15, 0.2) is 29.2 Å². The third kappa shape index (κ3) is 4.27. The standard InChI is InChI=1S/C16H22O2S/c1-2-13-5-3-4-6-15(13)19-14-9-7-12(8-10-14)11-16(17)18/h7-10,13,15H,2-6,11H2,1H3,(H,17,18). The largest absolute Gasteiger partial charge is 0.481 e. The normalized spacial score (nSPS) is 23.2. The Morgan fingerprint density at radius 1 is 1.26 bits per heavy atom. The molecule has 0 saturated heterocycles. The summed E-state index contributed by atoms with van der Waals surface area (Å²) < 4.78 is 0. The van der Waals surface area contributed by atoms with Gasteiger partial charge in [-0.3, -0.25) is 4.79 Å². The van der Waals surface area contributed by atoms with Crippen LogP contribution in [0.1, 0.15) is 44.6 Å². The lowest BCUT2D eigenvalue weighted by Crippen LogP contribution is -2.20. The minimum absolute atomic E-state index is 0.117. The maximum absolute atomic E-state index is 10.6. The summed E-state index contributed by atoms with van der Waals surface area (Å²) in [6, 6.07) is 8.04. The number of carbonyl (C=O) groups is 1. The van der Waals surface area contributed by atoms with Gasteiger partial charge in [0.05, 0.1) is 6.42 Å². The Kier molecular flexibility index (Phi) is 5.32. The molecule has 104 valence electrons. The highest BCUT2D eigenvalue weighted by atomic mass is 32.2. The molecule has 1 fully saturated rings. The van der Waals surface area contributed by atoms with Gasteiger partial charge < -0.3 is 5.11 Å². The Labute approximate surface area is 119 Å². The topological polar surface area (TPSA) is 37.3 Å². The van der Waals surface area contributed by atoms with E-state index in [2.05, 4.69) is 19.1 Å². The van der Waals surface area contributed by atoms with Crippen molar-refractivity contribution in [2.75, 3.05) is 0 Å². The molecule has 0 amide bonds. The van der Waals surface area contributed by atoms with Crippen molar-refractivity contribution in [2.45, 2.75) is 55.6 Å². The van der Waals surface area contributed by atoms with Crippen molar-refractivity contribution in [3.05, 3.63) is 29.8 Å². The van der Waals surface area contributed by atoms with E-state index in [9.17, 15) is 4.79 Å². The van der Waals surface area contributed by atoms with Crippen LogP contribution in [0, 0.1) is 5.92 Å². The third-order valence-electron chi connectivity index (χ3n) is 3.93. The van der Waals surface area contributed by atoms with Gasteiger partial charge in [0, 0.05) is 10.1 Å². The van der Waals surface area contributed by atoms with Crippen LogP contribution in [-0.2, 0) is 11.2 Å². The van der Waals surface area contributed by atoms with Crippen LogP contribution in [-0.4, -0.2) is 16.3 Å². The minimum Gasteiger partial charge on any atom is -0.481 e. The van der Waals surface area contributed by atoms with Crippen molar-refractivity contribution in [3.8, 4) is 0 Å². The van der Waals surface area contributed by atoms with Crippen LogP contribution in [0.4, 0.5) is 0 Å². The number of carboxylic acid groups (broad SMARTS) is 1. The van der Waals surface area contributed by atoms with Crippen molar-refractivity contribution in [3.63, 3.8) is 0 Å². The molecule has 0 spiro atoms. The molecule has 0 aromatic heterocycles. The van der Waals surface area contributed by atoms with Crippen LogP contribution < -0.4 is 0 Å². The van der Waals surface area contributed by atoms with Gasteiger partial charge in [0.25, 0.3) is 0 Å². The monoisotopic (exact) mass is 278 g/mol. The molecule has 2 nitrogen and oxygen atoms in total. The quantitative estimate of drug-likeness (QED) is 0.868. The van der Waals surface area contributed by atoms with E-state index < -0.39 is 5.97 Å². The number of rotatable bonds is 5.